The molecule has 0 radical (unpaired) electrons. The molecule has 0 aromatic heterocycles. The molecule has 26 heavy (non-hydrogen) atoms. The largest absolute Gasteiger partial charge is 0.417 e. The molecule has 0 saturated heterocycles. The lowest BCUT2D eigenvalue weighted by Gasteiger charge is -2.13. The molecule has 136 valence electrons. The van der Waals surface area contributed by atoms with Gasteiger partial charge in [-0.1, -0.05) is 54.3 Å². The van der Waals surface area contributed by atoms with Gasteiger partial charge in [-0.05, 0) is 30.3 Å². The summed E-state index contributed by atoms with van der Waals surface area (Å²) in [5, 5.41) is 2.57. The highest BCUT2D eigenvalue weighted by molar-refractivity contribution is 7.97. The summed E-state index contributed by atoms with van der Waals surface area (Å²) in [6.45, 7) is 0.416. The summed E-state index contributed by atoms with van der Waals surface area (Å²) in [4.78, 5) is 11.6. The summed E-state index contributed by atoms with van der Waals surface area (Å²) < 4.78 is 43.1. The molecule has 0 aliphatic rings. The highest BCUT2D eigenvalue weighted by atomic mass is 32.2. The van der Waals surface area contributed by atoms with Crippen molar-refractivity contribution in [2.24, 2.45) is 0 Å². The first kappa shape index (κ1) is 19.9. The van der Waals surface area contributed by atoms with Crippen LogP contribution in [-0.4, -0.2) is 25.3 Å². The van der Waals surface area contributed by atoms with Gasteiger partial charge in [-0.3, -0.25) is 9.52 Å². The highest BCUT2D eigenvalue weighted by Gasteiger charge is 2.33. The number of benzene rings is 2. The van der Waals surface area contributed by atoms with Crippen molar-refractivity contribution in [3.63, 3.8) is 0 Å². The number of nitrogens with one attached hydrogen (secondary N) is 2. The Kier molecular flexibility index (Phi) is 7.13. The fraction of sp³-hybridized carbons (Fsp3) is 0.211. The summed E-state index contributed by atoms with van der Waals surface area (Å²) in [6.07, 6.45) is -4.52. The number of alkyl halides is 3. The van der Waals surface area contributed by atoms with E-state index in [2.05, 4.69) is 21.9 Å². The van der Waals surface area contributed by atoms with Crippen molar-refractivity contribution in [1.29, 1.82) is 0 Å². The van der Waals surface area contributed by atoms with E-state index in [-0.39, 0.29) is 11.1 Å². The van der Waals surface area contributed by atoms with Crippen LogP contribution in [0.2, 0.25) is 0 Å². The van der Waals surface area contributed by atoms with Crippen molar-refractivity contribution in [3.8, 4) is 23.0 Å². The van der Waals surface area contributed by atoms with Crippen LogP contribution in [0, 0.1) is 11.8 Å². The molecule has 0 fully saturated rings. The van der Waals surface area contributed by atoms with E-state index in [1.807, 2.05) is 0 Å². The Labute approximate surface area is 154 Å². The van der Waals surface area contributed by atoms with Crippen molar-refractivity contribution < 1.29 is 18.0 Å². The van der Waals surface area contributed by atoms with Crippen molar-refractivity contribution in [2.75, 3.05) is 19.3 Å². The van der Waals surface area contributed by atoms with Gasteiger partial charge in [0.15, 0.2) is 0 Å². The van der Waals surface area contributed by atoms with Crippen LogP contribution in [0.4, 0.5) is 13.2 Å². The van der Waals surface area contributed by atoms with E-state index in [1.54, 1.807) is 37.4 Å². The van der Waals surface area contributed by atoms with E-state index in [9.17, 15) is 18.0 Å². The van der Waals surface area contributed by atoms with Crippen molar-refractivity contribution in [1.82, 2.24) is 10.0 Å². The Bertz CT molecular complexity index is 811. The summed E-state index contributed by atoms with van der Waals surface area (Å²) in [6, 6.07) is 12.2. The third kappa shape index (κ3) is 5.83. The van der Waals surface area contributed by atoms with Crippen molar-refractivity contribution in [3.05, 3.63) is 59.7 Å². The zero-order valence-electron chi connectivity index (χ0n) is 14.0. The average molecular weight is 378 g/mol. The third-order valence-corrected chi connectivity index (χ3v) is 4.06. The fourth-order valence-electron chi connectivity index (χ4n) is 2.22. The van der Waals surface area contributed by atoms with Gasteiger partial charge in [-0.15, -0.1) is 0 Å². The minimum Gasteiger partial charge on any atom is -0.344 e. The van der Waals surface area contributed by atoms with Gasteiger partial charge in [0.1, 0.15) is 0 Å². The fourth-order valence-corrected chi connectivity index (χ4v) is 2.63. The maximum absolute atomic E-state index is 13.4. The Morgan fingerprint density at radius 2 is 1.88 bits per heavy atom. The van der Waals surface area contributed by atoms with Crippen molar-refractivity contribution >= 4 is 17.9 Å². The van der Waals surface area contributed by atoms with E-state index in [4.69, 9.17) is 0 Å². The number of carbonyl (C=O) groups is 1. The minimum atomic E-state index is -4.52. The SMILES string of the molecule is CNSCCNC(=O)C#Cc1ccc(-c2ccccc2)c(C(F)(F)F)c1. The first-order chi connectivity index (χ1) is 12.4. The van der Waals surface area contributed by atoms with Gasteiger partial charge in [0.2, 0.25) is 0 Å². The third-order valence-electron chi connectivity index (χ3n) is 3.36. The van der Waals surface area contributed by atoms with E-state index in [0.717, 1.165) is 6.07 Å². The van der Waals surface area contributed by atoms with Crippen LogP contribution in [0.5, 0.6) is 0 Å². The number of carbonyl (C=O) groups excluding carboxylic acids is 1. The average Bonchev–Trinajstić information content (AvgIpc) is 2.63. The lowest BCUT2D eigenvalue weighted by molar-refractivity contribution is -0.137. The molecule has 0 aliphatic carbocycles. The second kappa shape index (κ2) is 9.32. The maximum atomic E-state index is 13.4. The molecule has 2 aromatic rings. The molecule has 2 aromatic carbocycles. The molecular formula is C19H17F3N2OS. The lowest BCUT2D eigenvalue weighted by atomic mass is 9.97. The van der Waals surface area contributed by atoms with Crippen LogP contribution in [0.1, 0.15) is 11.1 Å². The molecule has 2 N–H and O–H groups in total. The van der Waals surface area contributed by atoms with E-state index < -0.39 is 17.6 Å². The number of hydrogen-bond acceptors (Lipinski definition) is 3. The normalized spacial score (nSPS) is 10.8. The number of amides is 1. The smallest absolute Gasteiger partial charge is 0.344 e. The van der Waals surface area contributed by atoms with E-state index in [0.29, 0.717) is 17.9 Å². The van der Waals surface area contributed by atoms with Gasteiger partial charge in [0.05, 0.1) is 5.56 Å². The molecule has 0 spiro atoms. The lowest BCUT2D eigenvalue weighted by Crippen LogP contribution is -2.24. The zero-order chi connectivity index (χ0) is 19.0. The summed E-state index contributed by atoms with van der Waals surface area (Å²) in [5.41, 5.74) is -0.0885. The molecule has 2 rings (SSSR count). The van der Waals surface area contributed by atoms with Crippen LogP contribution in [0.15, 0.2) is 48.5 Å². The van der Waals surface area contributed by atoms with Gasteiger partial charge in [-0.25, -0.2) is 0 Å². The molecule has 0 bridgehead atoms. The molecule has 0 unspecified atom stereocenters. The molecule has 1 amide bonds. The predicted octanol–water partition coefficient (Wildman–Crippen LogP) is 3.71. The minimum absolute atomic E-state index is 0.0807. The van der Waals surface area contributed by atoms with Gasteiger partial charge >= 0.3 is 6.18 Å². The first-order valence-electron chi connectivity index (χ1n) is 7.77. The molecular weight excluding hydrogens is 361 g/mol. The number of hydrogen-bond donors (Lipinski definition) is 2. The Morgan fingerprint density at radius 3 is 2.54 bits per heavy atom. The molecule has 0 atom stereocenters. The molecule has 0 heterocycles. The quantitative estimate of drug-likeness (QED) is 0.474. The van der Waals surface area contributed by atoms with Gasteiger partial charge in [0.25, 0.3) is 5.91 Å². The maximum Gasteiger partial charge on any atom is 0.417 e. The van der Waals surface area contributed by atoms with Crippen LogP contribution in [0.3, 0.4) is 0 Å². The van der Waals surface area contributed by atoms with Gasteiger partial charge in [-0.2, -0.15) is 13.2 Å². The molecule has 3 nitrogen and oxygen atoms in total. The molecule has 0 aliphatic heterocycles. The number of halogens is 3. The van der Waals surface area contributed by atoms with Crippen LogP contribution in [0.25, 0.3) is 11.1 Å². The second-order valence-electron chi connectivity index (χ2n) is 5.18. The van der Waals surface area contributed by atoms with Gasteiger partial charge in [0, 0.05) is 23.8 Å². The standard InChI is InChI=1S/C19H17F3N2OS/c1-23-26-12-11-24-18(25)10-8-14-7-9-16(15-5-3-2-4-6-15)17(13-14)19(20,21)22/h2-7,9,13,23H,11-12H2,1H3,(H,24,25). The van der Waals surface area contributed by atoms with Crippen LogP contribution in [-0.2, 0) is 11.0 Å². The predicted molar refractivity (Wildman–Crippen MR) is 98.3 cm³/mol. The summed E-state index contributed by atoms with van der Waals surface area (Å²) in [5.74, 6) is 4.94. The topological polar surface area (TPSA) is 41.1 Å². The van der Waals surface area contributed by atoms with Gasteiger partial charge < -0.3 is 5.32 Å². The van der Waals surface area contributed by atoms with E-state index in [1.165, 1.54) is 24.1 Å². The first-order valence-corrected chi connectivity index (χ1v) is 8.75. The zero-order valence-corrected chi connectivity index (χ0v) is 14.8. The molecule has 0 saturated carbocycles. The Hall–Kier alpha value is -2.43. The van der Waals surface area contributed by atoms with Crippen molar-refractivity contribution in [2.45, 2.75) is 6.18 Å². The molecule has 7 heteroatoms. The monoisotopic (exact) mass is 378 g/mol. The van der Waals surface area contributed by atoms with Crippen LogP contribution >= 0.6 is 11.9 Å². The summed E-state index contributed by atoms with van der Waals surface area (Å²) in [7, 11) is 1.77. The summed E-state index contributed by atoms with van der Waals surface area (Å²) >= 11 is 1.43. The Morgan fingerprint density at radius 1 is 1.15 bits per heavy atom. The second-order valence-corrected chi connectivity index (χ2v) is 6.29. The Balaban J connectivity index is 2.22. The van der Waals surface area contributed by atoms with Crippen LogP contribution < -0.4 is 10.0 Å². The number of rotatable bonds is 5. The van der Waals surface area contributed by atoms with E-state index >= 15 is 0 Å². The highest BCUT2D eigenvalue weighted by Crippen LogP contribution is 2.37.